The quantitative estimate of drug-likeness (QED) is 0.620. The van der Waals surface area contributed by atoms with Gasteiger partial charge in [0.05, 0.1) is 28.8 Å². The maximum Gasteiger partial charge on any atom is 0.253 e. The van der Waals surface area contributed by atoms with Gasteiger partial charge in [0.15, 0.2) is 17.3 Å². The molecule has 0 radical (unpaired) electrons. The number of aryl methyl sites for hydroxylation is 2. The topological polar surface area (TPSA) is 98.9 Å². The number of halogens is 2. The number of aromatic amines is 1. The molecule has 1 saturated heterocycles. The highest BCUT2D eigenvalue weighted by atomic mass is 35.5. The van der Waals surface area contributed by atoms with Crippen LogP contribution in [-0.4, -0.2) is 42.6 Å². The minimum absolute atomic E-state index is 0.0548. The zero-order valence-corrected chi connectivity index (χ0v) is 21.2. The van der Waals surface area contributed by atoms with Gasteiger partial charge in [-0.15, -0.1) is 0 Å². The van der Waals surface area contributed by atoms with Crippen molar-refractivity contribution in [3.63, 3.8) is 0 Å². The van der Waals surface area contributed by atoms with Crippen molar-refractivity contribution < 1.29 is 23.7 Å². The smallest absolute Gasteiger partial charge is 0.253 e. The fourth-order valence-corrected chi connectivity index (χ4v) is 5.70. The normalized spacial score (nSPS) is 21.3. The largest absolute Gasteiger partial charge is 0.484 e. The number of pyridine rings is 1. The summed E-state index contributed by atoms with van der Waals surface area (Å²) in [6, 6.07) is 3.32. The summed E-state index contributed by atoms with van der Waals surface area (Å²) in [7, 11) is 0. The highest BCUT2D eigenvalue weighted by Crippen LogP contribution is 2.48. The second-order valence-corrected chi connectivity index (χ2v) is 10.2. The summed E-state index contributed by atoms with van der Waals surface area (Å²) in [5, 5.41) is 3.15. The Bertz CT molecular complexity index is 1200. The molecule has 35 heavy (non-hydrogen) atoms. The van der Waals surface area contributed by atoms with Crippen molar-refractivity contribution in [2.75, 3.05) is 19.8 Å². The van der Waals surface area contributed by atoms with Crippen molar-refractivity contribution in [1.29, 1.82) is 0 Å². The molecule has 2 fully saturated rings. The monoisotopic (exact) mass is 522 g/mol. The van der Waals surface area contributed by atoms with Crippen LogP contribution in [0.2, 0.25) is 10.0 Å². The molecule has 188 valence electrons. The van der Waals surface area contributed by atoms with Crippen LogP contribution in [0.3, 0.4) is 0 Å². The summed E-state index contributed by atoms with van der Waals surface area (Å²) < 4.78 is 23.9. The lowest BCUT2D eigenvalue weighted by molar-refractivity contribution is -0.187. The van der Waals surface area contributed by atoms with Gasteiger partial charge in [-0.3, -0.25) is 9.59 Å². The third kappa shape index (κ3) is 4.77. The van der Waals surface area contributed by atoms with Crippen LogP contribution in [0, 0.1) is 19.8 Å². The molecule has 0 bridgehead atoms. The zero-order valence-electron chi connectivity index (χ0n) is 19.7. The molecule has 2 aromatic rings. The highest BCUT2D eigenvalue weighted by Gasteiger charge is 2.43. The molecule has 10 heteroatoms. The standard InChI is InChI=1S/C25H28Cl2N2O6/c1-13-9-14(2)29-24(31)17(13)11-28-23(30)16-10-18(26)21-22(20(16)27)35-19(12-32-21)15-3-5-25(6-4-15)33-7-8-34-25/h9-10,15,19H,3-8,11-12H2,1-2H3,(H,28,30)(H,29,31)/t19-/m1/s1. The first-order valence-electron chi connectivity index (χ1n) is 11.8. The number of nitrogens with one attached hydrogen (secondary N) is 2. The van der Waals surface area contributed by atoms with E-state index in [-0.39, 0.29) is 45.5 Å². The third-order valence-electron chi connectivity index (χ3n) is 7.09. The highest BCUT2D eigenvalue weighted by molar-refractivity contribution is 6.38. The van der Waals surface area contributed by atoms with Crippen molar-refractivity contribution >= 4 is 29.1 Å². The van der Waals surface area contributed by atoms with Crippen LogP contribution in [0.1, 0.15) is 52.9 Å². The van der Waals surface area contributed by atoms with E-state index in [1.165, 1.54) is 6.07 Å². The van der Waals surface area contributed by atoms with Gasteiger partial charge in [-0.05, 0) is 50.3 Å². The van der Waals surface area contributed by atoms with Crippen LogP contribution in [0.5, 0.6) is 11.5 Å². The van der Waals surface area contributed by atoms with Crippen LogP contribution in [0.25, 0.3) is 0 Å². The molecule has 1 aliphatic carbocycles. The molecule has 1 aromatic carbocycles. The van der Waals surface area contributed by atoms with Gasteiger partial charge in [0, 0.05) is 30.6 Å². The molecule has 3 aliphatic rings. The Hall–Kier alpha value is -2.26. The Morgan fingerprint density at radius 1 is 1.14 bits per heavy atom. The number of ether oxygens (including phenoxy) is 4. The molecule has 1 spiro atoms. The summed E-state index contributed by atoms with van der Waals surface area (Å²) in [5.74, 6) is -0.0538. The lowest BCUT2D eigenvalue weighted by atomic mass is 9.81. The predicted molar refractivity (Wildman–Crippen MR) is 131 cm³/mol. The summed E-state index contributed by atoms with van der Waals surface area (Å²) in [5.41, 5.74) is 1.96. The molecule has 1 atom stereocenters. The molecular formula is C25H28Cl2N2O6. The molecule has 8 nitrogen and oxygen atoms in total. The molecule has 2 N–H and O–H groups in total. The van der Waals surface area contributed by atoms with E-state index in [0.717, 1.165) is 36.9 Å². The Morgan fingerprint density at radius 3 is 2.54 bits per heavy atom. The fourth-order valence-electron chi connectivity index (χ4n) is 5.18. The van der Waals surface area contributed by atoms with Crippen molar-refractivity contribution in [2.45, 2.75) is 58.0 Å². The number of carbonyl (C=O) groups excluding carboxylic acids is 1. The van der Waals surface area contributed by atoms with Crippen molar-refractivity contribution in [2.24, 2.45) is 5.92 Å². The second kappa shape index (κ2) is 9.65. The van der Waals surface area contributed by atoms with E-state index in [2.05, 4.69) is 10.3 Å². The van der Waals surface area contributed by atoms with Gasteiger partial charge in [0.25, 0.3) is 11.5 Å². The molecule has 5 rings (SSSR count). The molecular weight excluding hydrogens is 495 g/mol. The van der Waals surface area contributed by atoms with Gasteiger partial charge in [0.1, 0.15) is 12.7 Å². The molecule has 0 unspecified atom stereocenters. The predicted octanol–water partition coefficient (Wildman–Crippen LogP) is 4.30. The molecule has 1 amide bonds. The fraction of sp³-hybridized carbons (Fsp3) is 0.520. The van der Waals surface area contributed by atoms with E-state index < -0.39 is 11.7 Å². The Labute approximate surface area is 213 Å². The van der Waals surface area contributed by atoms with Crippen LogP contribution in [0.4, 0.5) is 0 Å². The number of benzene rings is 1. The maximum absolute atomic E-state index is 13.0. The summed E-state index contributed by atoms with van der Waals surface area (Å²) in [4.78, 5) is 28.0. The minimum Gasteiger partial charge on any atom is -0.484 e. The van der Waals surface area contributed by atoms with Gasteiger partial charge < -0.3 is 29.2 Å². The Kier molecular flexibility index (Phi) is 6.74. The number of hydrogen-bond donors (Lipinski definition) is 2. The third-order valence-corrected chi connectivity index (χ3v) is 7.74. The van der Waals surface area contributed by atoms with Crippen LogP contribution in [0.15, 0.2) is 16.9 Å². The number of H-pyrrole nitrogens is 1. The second-order valence-electron chi connectivity index (χ2n) is 9.42. The molecule has 2 aliphatic heterocycles. The lowest BCUT2D eigenvalue weighted by Crippen LogP contribution is -2.43. The van der Waals surface area contributed by atoms with Crippen molar-refractivity contribution in [1.82, 2.24) is 10.3 Å². The van der Waals surface area contributed by atoms with E-state index in [0.29, 0.717) is 31.1 Å². The van der Waals surface area contributed by atoms with Crippen LogP contribution in [-0.2, 0) is 16.0 Å². The lowest BCUT2D eigenvalue weighted by Gasteiger charge is -2.40. The SMILES string of the molecule is Cc1cc(C)c(CNC(=O)c2cc(Cl)c3c(c2Cl)O[C@@H](C2CCC4(CC2)OCCO4)CO3)c(=O)[nH]1. The van der Waals surface area contributed by atoms with E-state index >= 15 is 0 Å². The Morgan fingerprint density at radius 2 is 1.86 bits per heavy atom. The Balaban J connectivity index is 1.31. The first kappa shape index (κ1) is 24.4. The van der Waals surface area contributed by atoms with Gasteiger partial charge in [0.2, 0.25) is 0 Å². The van der Waals surface area contributed by atoms with E-state index in [1.807, 2.05) is 19.9 Å². The van der Waals surface area contributed by atoms with Gasteiger partial charge >= 0.3 is 0 Å². The van der Waals surface area contributed by atoms with Crippen molar-refractivity contribution in [3.05, 3.63) is 54.9 Å². The summed E-state index contributed by atoms with van der Waals surface area (Å²) in [6.45, 7) is 5.32. The first-order chi connectivity index (χ1) is 16.8. The summed E-state index contributed by atoms with van der Waals surface area (Å²) >= 11 is 13.1. The van der Waals surface area contributed by atoms with E-state index in [4.69, 9.17) is 42.1 Å². The molecule has 3 heterocycles. The van der Waals surface area contributed by atoms with Crippen molar-refractivity contribution in [3.8, 4) is 11.5 Å². The number of rotatable bonds is 4. The molecule has 1 aromatic heterocycles. The average Bonchev–Trinajstić information content (AvgIpc) is 3.28. The average molecular weight is 523 g/mol. The maximum atomic E-state index is 13.0. The zero-order chi connectivity index (χ0) is 24.7. The summed E-state index contributed by atoms with van der Waals surface area (Å²) in [6.07, 6.45) is 3.14. The number of hydrogen-bond acceptors (Lipinski definition) is 6. The number of amides is 1. The van der Waals surface area contributed by atoms with Gasteiger partial charge in [-0.25, -0.2) is 0 Å². The number of fused-ring (bicyclic) bond motifs is 1. The van der Waals surface area contributed by atoms with E-state index in [9.17, 15) is 9.59 Å². The van der Waals surface area contributed by atoms with E-state index in [1.54, 1.807) is 0 Å². The van der Waals surface area contributed by atoms with Crippen LogP contribution >= 0.6 is 23.2 Å². The minimum atomic E-state index is -0.458. The van der Waals surface area contributed by atoms with Gasteiger partial charge in [-0.1, -0.05) is 23.2 Å². The first-order valence-corrected chi connectivity index (χ1v) is 12.6. The van der Waals surface area contributed by atoms with Gasteiger partial charge in [-0.2, -0.15) is 0 Å². The number of aromatic nitrogens is 1. The molecule has 1 saturated carbocycles. The number of carbonyl (C=O) groups is 1. The van der Waals surface area contributed by atoms with Crippen LogP contribution < -0.4 is 20.3 Å².